The van der Waals surface area contributed by atoms with Gasteiger partial charge in [0.2, 0.25) is 0 Å². The molecular weight excluding hydrogens is 252 g/mol. The average molecular weight is 261 g/mol. The van der Waals surface area contributed by atoms with Gasteiger partial charge in [-0.05, 0) is 12.1 Å². The Kier molecular flexibility index (Phi) is 5.35. The second kappa shape index (κ2) is 6.55. The Hall–Kier alpha value is -1.35. The average Bonchev–Trinajstić information content (AvgIpc) is 2.78. The van der Waals surface area contributed by atoms with Crippen molar-refractivity contribution in [3.8, 4) is 5.75 Å². The molecule has 4 nitrogen and oxygen atoms in total. The Labute approximate surface area is 119 Å². The van der Waals surface area contributed by atoms with Gasteiger partial charge in [-0.2, -0.15) is 0 Å². The summed E-state index contributed by atoms with van der Waals surface area (Å²) in [5.74, 6) is -1.83. The quantitative estimate of drug-likeness (QED) is 0.854. The van der Waals surface area contributed by atoms with Gasteiger partial charge in [0.25, 0.3) is 0 Å². The van der Waals surface area contributed by atoms with Crippen LogP contribution in [0.3, 0.4) is 0 Å². The summed E-state index contributed by atoms with van der Waals surface area (Å²) in [6, 6.07) is 3.64. The predicted molar refractivity (Wildman–Crippen MR) is 67.0 cm³/mol. The number of carboxylic acid groups (broad SMARTS) is 1. The van der Waals surface area contributed by atoms with Crippen molar-refractivity contribution in [2.75, 3.05) is 0 Å². The minimum absolute atomic E-state index is 0. The van der Waals surface area contributed by atoms with E-state index in [2.05, 4.69) is 4.98 Å². The van der Waals surface area contributed by atoms with Crippen LogP contribution in [0.25, 0.3) is 0 Å². The molecule has 1 heterocycles. The number of carboxylic acids is 1. The van der Waals surface area contributed by atoms with E-state index in [0.29, 0.717) is 0 Å². The summed E-state index contributed by atoms with van der Waals surface area (Å²) in [7, 11) is 0. The van der Waals surface area contributed by atoms with Crippen LogP contribution in [0.15, 0.2) is 29.1 Å². The van der Waals surface area contributed by atoms with Crippen molar-refractivity contribution in [3.63, 3.8) is 0 Å². The summed E-state index contributed by atoms with van der Waals surface area (Å²) in [4.78, 5) is 14.6. The van der Waals surface area contributed by atoms with Crippen molar-refractivity contribution in [2.45, 2.75) is 6.61 Å². The molecule has 0 aliphatic carbocycles. The maximum absolute atomic E-state index is 13.3. The molecule has 0 aliphatic heterocycles. The van der Waals surface area contributed by atoms with E-state index < -0.39 is 11.8 Å². The molecule has 1 N–H and O–H groups in total. The Bertz CT molecular complexity index is 533. The van der Waals surface area contributed by atoms with Gasteiger partial charge in [-0.1, -0.05) is 0 Å². The van der Waals surface area contributed by atoms with E-state index in [1.54, 1.807) is 5.51 Å². The molecule has 90 valence electrons. The van der Waals surface area contributed by atoms with Gasteiger partial charge in [-0.25, -0.2) is 14.2 Å². The first-order chi connectivity index (χ1) is 8.16. The Morgan fingerprint density at radius 1 is 1.50 bits per heavy atom. The fourth-order valence-corrected chi connectivity index (χ4v) is 1.77. The van der Waals surface area contributed by atoms with Crippen LogP contribution in [0.2, 0.25) is 0 Å². The first-order valence-corrected chi connectivity index (χ1v) is 5.64. The number of nitrogens with zero attached hydrogens (tertiary/aromatic N) is 1. The van der Waals surface area contributed by atoms with Gasteiger partial charge in [-0.3, -0.25) is 0 Å². The van der Waals surface area contributed by atoms with Crippen molar-refractivity contribution in [1.82, 2.24) is 4.98 Å². The SMILES string of the molecule is O=C(O)c1ccc(OCc2cscn2)cc1F.[LiH]. The number of halogens is 1. The van der Waals surface area contributed by atoms with E-state index in [0.717, 1.165) is 11.8 Å². The summed E-state index contributed by atoms with van der Waals surface area (Å²) >= 11 is 1.44. The number of aromatic carboxylic acids is 1. The fraction of sp³-hybridized carbons (Fsp3) is 0.0909. The van der Waals surface area contributed by atoms with Crippen molar-refractivity contribution >= 4 is 36.2 Å². The van der Waals surface area contributed by atoms with Crippen molar-refractivity contribution in [3.05, 3.63) is 46.2 Å². The van der Waals surface area contributed by atoms with E-state index in [4.69, 9.17) is 9.84 Å². The predicted octanol–water partition coefficient (Wildman–Crippen LogP) is 1.91. The van der Waals surface area contributed by atoms with Crippen LogP contribution in [-0.2, 0) is 6.61 Å². The number of rotatable bonds is 4. The molecule has 2 aromatic rings. The van der Waals surface area contributed by atoms with E-state index in [9.17, 15) is 9.18 Å². The topological polar surface area (TPSA) is 59.4 Å². The Balaban J connectivity index is 0.00000162. The van der Waals surface area contributed by atoms with Crippen LogP contribution in [0.1, 0.15) is 16.1 Å². The zero-order chi connectivity index (χ0) is 12.3. The van der Waals surface area contributed by atoms with Crippen LogP contribution in [0.4, 0.5) is 4.39 Å². The zero-order valence-electron chi connectivity index (χ0n) is 8.59. The second-order valence-electron chi connectivity index (χ2n) is 3.22. The van der Waals surface area contributed by atoms with Gasteiger partial charge in [0.05, 0.1) is 16.8 Å². The molecule has 0 atom stereocenters. The number of benzene rings is 1. The Morgan fingerprint density at radius 3 is 2.83 bits per heavy atom. The fourth-order valence-electron chi connectivity index (χ4n) is 1.23. The number of aromatic nitrogens is 1. The normalized spacial score (nSPS) is 9.61. The number of carbonyl (C=O) groups is 1. The van der Waals surface area contributed by atoms with Crippen molar-refractivity contribution in [2.24, 2.45) is 0 Å². The summed E-state index contributed by atoms with van der Waals surface area (Å²) in [5, 5.41) is 10.5. The van der Waals surface area contributed by atoms with Crippen LogP contribution >= 0.6 is 11.3 Å². The third kappa shape index (κ3) is 3.57. The molecule has 0 bridgehead atoms. The van der Waals surface area contributed by atoms with E-state index in [-0.39, 0.29) is 36.8 Å². The first-order valence-electron chi connectivity index (χ1n) is 4.69. The molecule has 2 rings (SSSR count). The number of hydrogen-bond donors (Lipinski definition) is 1. The molecule has 0 saturated carbocycles. The van der Waals surface area contributed by atoms with Crippen molar-refractivity contribution in [1.29, 1.82) is 0 Å². The summed E-state index contributed by atoms with van der Waals surface area (Å²) < 4.78 is 18.6. The molecule has 0 radical (unpaired) electrons. The molecular formula is C11H9FLiNO3S. The number of thiazole rings is 1. The third-order valence-electron chi connectivity index (χ3n) is 2.04. The molecule has 18 heavy (non-hydrogen) atoms. The van der Waals surface area contributed by atoms with Gasteiger partial charge in [0, 0.05) is 11.4 Å². The number of hydrogen-bond acceptors (Lipinski definition) is 4. The molecule has 0 amide bonds. The van der Waals surface area contributed by atoms with Gasteiger partial charge < -0.3 is 9.84 Å². The van der Waals surface area contributed by atoms with E-state index >= 15 is 0 Å². The third-order valence-corrected chi connectivity index (χ3v) is 2.68. The van der Waals surface area contributed by atoms with Gasteiger partial charge in [0.1, 0.15) is 18.2 Å². The molecule has 0 spiro atoms. The number of ether oxygens (including phenoxy) is 1. The molecule has 0 saturated heterocycles. The molecule has 1 aromatic heterocycles. The Morgan fingerprint density at radius 2 is 2.28 bits per heavy atom. The summed E-state index contributed by atoms with van der Waals surface area (Å²) in [6.07, 6.45) is 0. The van der Waals surface area contributed by atoms with Crippen LogP contribution in [0.5, 0.6) is 5.75 Å². The standard InChI is InChI=1S/C11H8FNO3S.Li.H/c12-10-3-8(1-2-9(10)11(14)15)16-4-7-5-17-6-13-7;;/h1-3,5-6H,4H2,(H,14,15);;. The first kappa shape index (κ1) is 14.7. The second-order valence-corrected chi connectivity index (χ2v) is 3.93. The molecule has 0 unspecified atom stereocenters. The van der Waals surface area contributed by atoms with E-state index in [1.807, 2.05) is 5.38 Å². The minimum atomic E-state index is -1.30. The van der Waals surface area contributed by atoms with E-state index in [1.165, 1.54) is 23.5 Å². The maximum atomic E-state index is 13.3. The van der Waals surface area contributed by atoms with Crippen LogP contribution < -0.4 is 4.74 Å². The summed E-state index contributed by atoms with van der Waals surface area (Å²) in [5.41, 5.74) is 2.05. The molecule has 7 heteroatoms. The summed E-state index contributed by atoms with van der Waals surface area (Å²) in [6.45, 7) is 0.232. The van der Waals surface area contributed by atoms with Crippen LogP contribution in [-0.4, -0.2) is 34.9 Å². The van der Waals surface area contributed by atoms with Crippen molar-refractivity contribution < 1.29 is 19.0 Å². The molecule has 1 aromatic carbocycles. The monoisotopic (exact) mass is 261 g/mol. The van der Waals surface area contributed by atoms with Gasteiger partial charge >= 0.3 is 24.8 Å². The van der Waals surface area contributed by atoms with Crippen LogP contribution in [0, 0.1) is 5.82 Å². The van der Waals surface area contributed by atoms with Gasteiger partial charge in [-0.15, -0.1) is 11.3 Å². The van der Waals surface area contributed by atoms with Gasteiger partial charge in [0.15, 0.2) is 0 Å². The molecule has 0 aliphatic rings. The zero-order valence-corrected chi connectivity index (χ0v) is 9.41. The molecule has 0 fully saturated rings.